The number of amides is 1. The number of thioether (sulfide) groups is 1. The number of carbonyl (C=O) groups excluding carboxylic acids is 1. The fourth-order valence-electron chi connectivity index (χ4n) is 1.88. The first kappa shape index (κ1) is 16.6. The summed E-state index contributed by atoms with van der Waals surface area (Å²) < 4.78 is 35.6. The van der Waals surface area contributed by atoms with Crippen LogP contribution in [0.25, 0.3) is 0 Å². The summed E-state index contributed by atoms with van der Waals surface area (Å²) in [5.41, 5.74) is 0. The maximum atomic E-state index is 11.9. The summed E-state index contributed by atoms with van der Waals surface area (Å²) in [6.45, 7) is 2.33. The van der Waals surface area contributed by atoms with E-state index in [-0.39, 0.29) is 12.3 Å². The molecular formula is C12H21F3N2OS. The second-order valence-corrected chi connectivity index (χ2v) is 5.97. The predicted molar refractivity (Wildman–Crippen MR) is 71.3 cm³/mol. The first-order valence-electron chi connectivity index (χ1n) is 6.63. The standard InChI is InChI=1S/C12H21F3N2OS/c13-12(14,15)5-1-2-6-17-11(18)9-19-10-3-7-16-8-4-10/h10,16H,1-9H2,(H,17,18). The molecule has 19 heavy (non-hydrogen) atoms. The van der Waals surface area contributed by atoms with E-state index in [1.807, 2.05) is 0 Å². The zero-order valence-electron chi connectivity index (χ0n) is 10.9. The molecule has 0 aliphatic carbocycles. The smallest absolute Gasteiger partial charge is 0.355 e. The molecular weight excluding hydrogens is 277 g/mol. The van der Waals surface area contributed by atoms with Crippen LogP contribution >= 0.6 is 11.8 Å². The maximum Gasteiger partial charge on any atom is 0.389 e. The molecule has 0 unspecified atom stereocenters. The first-order valence-corrected chi connectivity index (χ1v) is 7.68. The second-order valence-electron chi connectivity index (χ2n) is 4.68. The number of hydrogen-bond donors (Lipinski definition) is 2. The highest BCUT2D eigenvalue weighted by Crippen LogP contribution is 2.22. The number of unbranched alkanes of at least 4 members (excludes halogenated alkanes) is 1. The highest BCUT2D eigenvalue weighted by molar-refractivity contribution is 8.00. The van der Waals surface area contributed by atoms with Gasteiger partial charge in [0.25, 0.3) is 0 Å². The number of nitrogens with one attached hydrogen (secondary N) is 2. The van der Waals surface area contributed by atoms with E-state index in [0.717, 1.165) is 25.9 Å². The lowest BCUT2D eigenvalue weighted by Gasteiger charge is -2.21. The van der Waals surface area contributed by atoms with Crippen molar-refractivity contribution >= 4 is 17.7 Å². The molecule has 1 aliphatic rings. The van der Waals surface area contributed by atoms with E-state index >= 15 is 0 Å². The van der Waals surface area contributed by atoms with Gasteiger partial charge in [0.1, 0.15) is 0 Å². The summed E-state index contributed by atoms with van der Waals surface area (Å²) in [6.07, 6.45) is -2.26. The van der Waals surface area contributed by atoms with E-state index in [1.54, 1.807) is 11.8 Å². The Kier molecular flexibility index (Phi) is 7.60. The third-order valence-corrected chi connectivity index (χ3v) is 4.32. The molecule has 0 aromatic heterocycles. The van der Waals surface area contributed by atoms with Crippen molar-refractivity contribution in [3.05, 3.63) is 0 Å². The molecule has 1 rings (SSSR count). The third-order valence-electron chi connectivity index (χ3n) is 2.95. The van der Waals surface area contributed by atoms with Gasteiger partial charge in [-0.1, -0.05) is 0 Å². The van der Waals surface area contributed by atoms with Gasteiger partial charge in [-0.05, 0) is 38.8 Å². The Morgan fingerprint density at radius 2 is 1.95 bits per heavy atom. The van der Waals surface area contributed by atoms with E-state index in [9.17, 15) is 18.0 Å². The highest BCUT2D eigenvalue weighted by atomic mass is 32.2. The zero-order valence-corrected chi connectivity index (χ0v) is 11.7. The van der Waals surface area contributed by atoms with Gasteiger partial charge in [-0.15, -0.1) is 11.8 Å². The van der Waals surface area contributed by atoms with Crippen LogP contribution < -0.4 is 10.6 Å². The average Bonchev–Trinajstić information content (AvgIpc) is 2.36. The highest BCUT2D eigenvalue weighted by Gasteiger charge is 2.25. The summed E-state index contributed by atoms with van der Waals surface area (Å²) in [6, 6.07) is 0. The molecule has 0 radical (unpaired) electrons. The van der Waals surface area contributed by atoms with Crippen molar-refractivity contribution < 1.29 is 18.0 Å². The fourth-order valence-corrected chi connectivity index (χ4v) is 2.94. The van der Waals surface area contributed by atoms with Crippen LogP contribution in [0.3, 0.4) is 0 Å². The largest absolute Gasteiger partial charge is 0.389 e. The van der Waals surface area contributed by atoms with E-state index in [2.05, 4.69) is 10.6 Å². The lowest BCUT2D eigenvalue weighted by Crippen LogP contribution is -2.31. The van der Waals surface area contributed by atoms with Crippen LogP contribution in [0.5, 0.6) is 0 Å². The molecule has 0 spiro atoms. The molecule has 1 heterocycles. The van der Waals surface area contributed by atoms with E-state index in [4.69, 9.17) is 0 Å². The number of rotatable bonds is 7. The van der Waals surface area contributed by atoms with Crippen molar-refractivity contribution in [1.29, 1.82) is 0 Å². The van der Waals surface area contributed by atoms with Crippen LogP contribution in [-0.4, -0.2) is 42.7 Å². The number of carbonyl (C=O) groups is 1. The zero-order chi connectivity index (χ0) is 14.1. The molecule has 0 aromatic carbocycles. The Balaban J connectivity index is 1.95. The normalized spacial score (nSPS) is 17.4. The summed E-state index contributed by atoms with van der Waals surface area (Å²) in [4.78, 5) is 11.5. The summed E-state index contributed by atoms with van der Waals surface area (Å²) in [5.74, 6) is 0.333. The minimum Gasteiger partial charge on any atom is -0.355 e. The third kappa shape index (κ3) is 9.15. The number of halogens is 3. The minimum absolute atomic E-state index is 0.0736. The molecule has 3 nitrogen and oxygen atoms in total. The van der Waals surface area contributed by atoms with Crippen LogP contribution in [-0.2, 0) is 4.79 Å². The fraction of sp³-hybridized carbons (Fsp3) is 0.917. The minimum atomic E-state index is -4.09. The van der Waals surface area contributed by atoms with E-state index in [0.29, 0.717) is 24.0 Å². The molecule has 7 heteroatoms. The monoisotopic (exact) mass is 298 g/mol. The van der Waals surface area contributed by atoms with Gasteiger partial charge in [0, 0.05) is 18.2 Å². The molecule has 1 aliphatic heterocycles. The van der Waals surface area contributed by atoms with Gasteiger partial charge in [0.15, 0.2) is 0 Å². The topological polar surface area (TPSA) is 41.1 Å². The predicted octanol–water partition coefficient (Wildman–Crippen LogP) is 2.32. The summed E-state index contributed by atoms with van der Waals surface area (Å²) in [7, 11) is 0. The quantitative estimate of drug-likeness (QED) is 0.709. The van der Waals surface area contributed by atoms with Crippen LogP contribution in [0.15, 0.2) is 0 Å². The maximum absolute atomic E-state index is 11.9. The van der Waals surface area contributed by atoms with Gasteiger partial charge in [0.05, 0.1) is 5.75 Å². The summed E-state index contributed by atoms with van der Waals surface area (Å²) in [5, 5.41) is 6.45. The van der Waals surface area contributed by atoms with Crippen LogP contribution in [0.4, 0.5) is 13.2 Å². The lowest BCUT2D eigenvalue weighted by molar-refractivity contribution is -0.135. The molecule has 2 N–H and O–H groups in total. The van der Waals surface area contributed by atoms with Crippen LogP contribution in [0.2, 0.25) is 0 Å². The average molecular weight is 298 g/mol. The van der Waals surface area contributed by atoms with Gasteiger partial charge >= 0.3 is 6.18 Å². The van der Waals surface area contributed by atoms with Crippen LogP contribution in [0, 0.1) is 0 Å². The first-order chi connectivity index (χ1) is 8.97. The van der Waals surface area contributed by atoms with Crippen molar-refractivity contribution in [3.8, 4) is 0 Å². The van der Waals surface area contributed by atoms with Gasteiger partial charge in [-0.2, -0.15) is 13.2 Å². The molecule has 0 aromatic rings. The van der Waals surface area contributed by atoms with Gasteiger partial charge in [-0.25, -0.2) is 0 Å². The molecule has 0 bridgehead atoms. The van der Waals surface area contributed by atoms with Gasteiger partial charge < -0.3 is 10.6 Å². The van der Waals surface area contributed by atoms with Gasteiger partial charge in [0.2, 0.25) is 5.91 Å². The number of hydrogen-bond acceptors (Lipinski definition) is 3. The van der Waals surface area contributed by atoms with Crippen molar-refractivity contribution in [3.63, 3.8) is 0 Å². The second kappa shape index (κ2) is 8.68. The van der Waals surface area contributed by atoms with E-state index in [1.165, 1.54) is 0 Å². The van der Waals surface area contributed by atoms with Gasteiger partial charge in [-0.3, -0.25) is 4.79 Å². The molecule has 1 fully saturated rings. The molecule has 1 saturated heterocycles. The van der Waals surface area contributed by atoms with Crippen molar-refractivity contribution in [2.45, 2.75) is 43.5 Å². The number of alkyl halides is 3. The lowest BCUT2D eigenvalue weighted by atomic mass is 10.2. The molecule has 0 atom stereocenters. The Labute approximate surface area is 116 Å². The number of piperidine rings is 1. The van der Waals surface area contributed by atoms with Crippen molar-refractivity contribution in [2.24, 2.45) is 0 Å². The Hall–Kier alpha value is -0.430. The summed E-state index contributed by atoms with van der Waals surface area (Å²) >= 11 is 1.64. The van der Waals surface area contributed by atoms with Crippen LogP contribution in [0.1, 0.15) is 32.1 Å². The Morgan fingerprint density at radius 3 is 2.58 bits per heavy atom. The van der Waals surface area contributed by atoms with Crippen molar-refractivity contribution in [2.75, 3.05) is 25.4 Å². The Morgan fingerprint density at radius 1 is 1.26 bits per heavy atom. The van der Waals surface area contributed by atoms with Crippen molar-refractivity contribution in [1.82, 2.24) is 10.6 Å². The Bertz CT molecular complexity index is 268. The molecule has 0 saturated carbocycles. The molecule has 1 amide bonds. The molecule has 112 valence electrons. The van der Waals surface area contributed by atoms with E-state index < -0.39 is 12.6 Å². The SMILES string of the molecule is O=C(CSC1CCNCC1)NCCCCC(F)(F)F.